The quantitative estimate of drug-likeness (QED) is 0.515. The Kier molecular flexibility index (Phi) is 3.91. The van der Waals surface area contributed by atoms with Gasteiger partial charge < -0.3 is 0 Å². The highest BCUT2D eigenvalue weighted by Crippen LogP contribution is 2.30. The van der Waals surface area contributed by atoms with Crippen LogP contribution in [0.15, 0.2) is 54.9 Å². The molecule has 0 atom stereocenters. The lowest BCUT2D eigenvalue weighted by Crippen LogP contribution is -2.11. The second-order valence-electron chi connectivity index (χ2n) is 5.62. The minimum Gasteiger partial charge on any atom is -0.296 e. The molecule has 4 rings (SSSR count). The smallest absolute Gasteiger partial charge is 0.296 e. The Balaban J connectivity index is 1.90. The molecule has 0 unspecified atom stereocenters. The average molecular weight is 369 g/mol. The first-order chi connectivity index (χ1) is 13.0. The van der Waals surface area contributed by atoms with Crippen LogP contribution in [0.1, 0.15) is 16.2 Å². The Morgan fingerprint density at radius 3 is 2.48 bits per heavy atom. The van der Waals surface area contributed by atoms with Crippen LogP contribution in [-0.2, 0) is 6.18 Å². The van der Waals surface area contributed by atoms with Gasteiger partial charge in [0, 0.05) is 18.0 Å². The van der Waals surface area contributed by atoms with Crippen molar-refractivity contribution < 1.29 is 18.0 Å². The van der Waals surface area contributed by atoms with Crippen LogP contribution < -0.4 is 0 Å². The number of hydrogen-bond donors (Lipinski definition) is 0. The zero-order valence-corrected chi connectivity index (χ0v) is 13.6. The molecule has 6 nitrogen and oxygen atoms in total. The van der Waals surface area contributed by atoms with Crippen LogP contribution in [0.3, 0.4) is 0 Å². The van der Waals surface area contributed by atoms with Gasteiger partial charge in [-0.3, -0.25) is 14.8 Å². The molecule has 0 spiro atoms. The van der Waals surface area contributed by atoms with Crippen molar-refractivity contribution in [3.8, 4) is 17.1 Å². The van der Waals surface area contributed by atoms with Gasteiger partial charge in [-0.25, -0.2) is 9.67 Å². The summed E-state index contributed by atoms with van der Waals surface area (Å²) in [6, 6.07) is 10.2. The lowest BCUT2D eigenvalue weighted by molar-refractivity contribution is -0.141. The van der Waals surface area contributed by atoms with Crippen LogP contribution in [0.5, 0.6) is 0 Å². The number of aromatic nitrogens is 5. The Bertz CT molecular complexity index is 1150. The molecule has 0 bridgehead atoms. The topological polar surface area (TPSA) is 73.6 Å². The maximum Gasteiger partial charge on any atom is 0.433 e. The standard InChI is InChI=1S/C18H10F3N5O/c19-18(20,21)16-2-1-3-17(24-16)26-15(9-12(10-27)25-26)11-4-5-13-14(8-11)23-7-6-22-13/h1-10H. The van der Waals surface area contributed by atoms with Gasteiger partial charge in [0.2, 0.25) is 0 Å². The molecule has 0 radical (unpaired) electrons. The minimum absolute atomic E-state index is 0.0489. The minimum atomic E-state index is -4.59. The number of carbonyl (C=O) groups excluding carboxylic acids is 1. The van der Waals surface area contributed by atoms with E-state index in [1.54, 1.807) is 24.4 Å². The molecule has 0 saturated heterocycles. The third-order valence-corrected chi connectivity index (χ3v) is 3.86. The molecule has 0 N–H and O–H groups in total. The van der Waals surface area contributed by atoms with Crippen molar-refractivity contribution in [3.05, 3.63) is 66.2 Å². The highest BCUT2D eigenvalue weighted by molar-refractivity contribution is 5.82. The Morgan fingerprint density at radius 2 is 1.74 bits per heavy atom. The average Bonchev–Trinajstić information content (AvgIpc) is 3.11. The lowest BCUT2D eigenvalue weighted by Gasteiger charge is -2.10. The molecule has 1 aromatic carbocycles. The van der Waals surface area contributed by atoms with Gasteiger partial charge in [0.15, 0.2) is 12.1 Å². The normalized spacial score (nSPS) is 11.7. The van der Waals surface area contributed by atoms with Gasteiger partial charge in [-0.15, -0.1) is 0 Å². The predicted molar refractivity (Wildman–Crippen MR) is 90.3 cm³/mol. The maximum absolute atomic E-state index is 13.0. The predicted octanol–water partition coefficient (Wildman–Crippen LogP) is 3.71. The fraction of sp³-hybridized carbons (Fsp3) is 0.0556. The van der Waals surface area contributed by atoms with E-state index in [4.69, 9.17) is 0 Å². The van der Waals surface area contributed by atoms with Crippen molar-refractivity contribution in [2.24, 2.45) is 0 Å². The molecule has 0 aliphatic rings. The molecule has 134 valence electrons. The summed E-state index contributed by atoms with van der Waals surface area (Å²) >= 11 is 0. The fourth-order valence-corrected chi connectivity index (χ4v) is 2.66. The van der Waals surface area contributed by atoms with Gasteiger partial charge in [-0.05, 0) is 30.3 Å². The van der Waals surface area contributed by atoms with E-state index in [1.807, 2.05) is 0 Å². The number of pyridine rings is 1. The molecule has 27 heavy (non-hydrogen) atoms. The van der Waals surface area contributed by atoms with Crippen LogP contribution in [0, 0.1) is 0 Å². The third-order valence-electron chi connectivity index (χ3n) is 3.86. The summed E-state index contributed by atoms with van der Waals surface area (Å²) in [4.78, 5) is 23.2. The van der Waals surface area contributed by atoms with Crippen molar-refractivity contribution >= 4 is 17.3 Å². The van der Waals surface area contributed by atoms with E-state index in [9.17, 15) is 18.0 Å². The zero-order valence-electron chi connectivity index (χ0n) is 13.6. The molecule has 0 aliphatic heterocycles. The van der Waals surface area contributed by atoms with Crippen molar-refractivity contribution in [1.29, 1.82) is 0 Å². The van der Waals surface area contributed by atoms with Crippen molar-refractivity contribution in [3.63, 3.8) is 0 Å². The number of benzene rings is 1. The van der Waals surface area contributed by atoms with Crippen LogP contribution in [-0.4, -0.2) is 31.0 Å². The number of hydrogen-bond acceptors (Lipinski definition) is 5. The van der Waals surface area contributed by atoms with Gasteiger partial charge in [0.1, 0.15) is 11.4 Å². The monoisotopic (exact) mass is 369 g/mol. The summed E-state index contributed by atoms with van der Waals surface area (Å²) in [5.74, 6) is -0.0489. The number of aldehydes is 1. The van der Waals surface area contributed by atoms with Crippen molar-refractivity contribution in [1.82, 2.24) is 24.7 Å². The summed E-state index contributed by atoms with van der Waals surface area (Å²) in [6.45, 7) is 0. The first kappa shape index (κ1) is 16.8. The van der Waals surface area contributed by atoms with E-state index < -0.39 is 11.9 Å². The van der Waals surface area contributed by atoms with Gasteiger partial charge >= 0.3 is 6.18 Å². The number of rotatable bonds is 3. The summed E-state index contributed by atoms with van der Waals surface area (Å²) in [5.41, 5.74) is 1.33. The third kappa shape index (κ3) is 3.14. The number of nitrogens with zero attached hydrogens (tertiary/aromatic N) is 5. The van der Waals surface area contributed by atoms with E-state index >= 15 is 0 Å². The van der Waals surface area contributed by atoms with E-state index in [0.29, 0.717) is 28.6 Å². The number of carbonyl (C=O) groups is 1. The highest BCUT2D eigenvalue weighted by Gasteiger charge is 2.32. The van der Waals surface area contributed by atoms with Crippen molar-refractivity contribution in [2.45, 2.75) is 6.18 Å². The van der Waals surface area contributed by atoms with E-state index in [-0.39, 0.29) is 11.5 Å². The van der Waals surface area contributed by atoms with Gasteiger partial charge in [-0.1, -0.05) is 12.1 Å². The Labute approximate surface area is 150 Å². The molecule has 3 heterocycles. The van der Waals surface area contributed by atoms with E-state index in [1.165, 1.54) is 29.1 Å². The number of halogens is 3. The molecule has 0 saturated carbocycles. The highest BCUT2D eigenvalue weighted by atomic mass is 19.4. The number of alkyl halides is 3. The molecule has 0 aliphatic carbocycles. The lowest BCUT2D eigenvalue weighted by atomic mass is 10.1. The molecular formula is C18H10F3N5O. The molecule has 0 fully saturated rings. The van der Waals surface area contributed by atoms with Gasteiger partial charge in [0.25, 0.3) is 0 Å². The fourth-order valence-electron chi connectivity index (χ4n) is 2.66. The van der Waals surface area contributed by atoms with Gasteiger partial charge in [-0.2, -0.15) is 18.3 Å². The summed E-state index contributed by atoms with van der Waals surface area (Å²) in [6.07, 6.45) is -0.970. The van der Waals surface area contributed by atoms with Crippen LogP contribution >= 0.6 is 0 Å². The Hall–Kier alpha value is -3.62. The number of fused-ring (bicyclic) bond motifs is 1. The van der Waals surface area contributed by atoms with E-state index in [0.717, 1.165) is 6.07 Å². The summed E-state index contributed by atoms with van der Waals surface area (Å²) in [7, 11) is 0. The second-order valence-corrected chi connectivity index (χ2v) is 5.62. The first-order valence-corrected chi connectivity index (χ1v) is 7.77. The van der Waals surface area contributed by atoms with Gasteiger partial charge in [0.05, 0.1) is 16.7 Å². The first-order valence-electron chi connectivity index (χ1n) is 7.77. The van der Waals surface area contributed by atoms with Crippen molar-refractivity contribution in [2.75, 3.05) is 0 Å². The maximum atomic E-state index is 13.0. The second kappa shape index (κ2) is 6.27. The molecule has 0 amide bonds. The largest absolute Gasteiger partial charge is 0.433 e. The molecule has 9 heteroatoms. The Morgan fingerprint density at radius 1 is 0.963 bits per heavy atom. The summed E-state index contributed by atoms with van der Waals surface area (Å²) < 4.78 is 40.2. The summed E-state index contributed by atoms with van der Waals surface area (Å²) in [5, 5.41) is 4.06. The SMILES string of the molecule is O=Cc1cc(-c2ccc3nccnc3c2)n(-c2cccc(C(F)(F)F)n2)n1. The molecule has 3 aromatic heterocycles. The van der Waals surface area contributed by atoms with E-state index in [2.05, 4.69) is 20.1 Å². The molecular weight excluding hydrogens is 359 g/mol. The van der Waals surface area contributed by atoms with Crippen LogP contribution in [0.2, 0.25) is 0 Å². The van der Waals surface area contributed by atoms with Crippen LogP contribution in [0.25, 0.3) is 28.1 Å². The zero-order chi connectivity index (χ0) is 19.0. The molecule has 4 aromatic rings. The van der Waals surface area contributed by atoms with Crippen LogP contribution in [0.4, 0.5) is 13.2 Å².